The number of rotatable bonds is 3. The Hall–Kier alpha value is -1.57. The molecule has 0 aromatic carbocycles. The highest BCUT2D eigenvalue weighted by Gasteiger charge is 2.61. The van der Waals surface area contributed by atoms with Gasteiger partial charge in [0.2, 0.25) is 0 Å². The van der Waals surface area contributed by atoms with Crippen molar-refractivity contribution < 1.29 is 27.9 Å². The quantitative estimate of drug-likeness (QED) is 0.718. The first-order valence-corrected chi connectivity index (χ1v) is 7.58. The largest absolute Gasteiger partial charge is 0.481 e. The minimum absolute atomic E-state index is 0.0724. The molecule has 0 bridgehead atoms. The molecule has 1 N–H and O–H groups in total. The fourth-order valence-electron chi connectivity index (χ4n) is 2.74. The topological polar surface area (TPSA) is 101 Å². The Morgan fingerprint density at radius 2 is 2.11 bits per heavy atom. The van der Waals surface area contributed by atoms with Gasteiger partial charge in [0.15, 0.2) is 9.84 Å². The Morgan fingerprint density at radius 1 is 1.47 bits per heavy atom. The van der Waals surface area contributed by atoms with Gasteiger partial charge in [0, 0.05) is 18.5 Å². The van der Waals surface area contributed by atoms with E-state index >= 15 is 0 Å². The second kappa shape index (κ2) is 4.52. The second-order valence-electron chi connectivity index (χ2n) is 5.03. The van der Waals surface area contributed by atoms with Crippen LogP contribution in [0.1, 0.15) is 0 Å². The third kappa shape index (κ3) is 2.44. The van der Waals surface area contributed by atoms with Gasteiger partial charge in [0.05, 0.1) is 17.4 Å². The average molecular weight is 289 g/mol. The van der Waals surface area contributed by atoms with Crippen molar-refractivity contribution in [2.75, 3.05) is 31.2 Å². The molecule has 0 aromatic rings. The van der Waals surface area contributed by atoms with E-state index in [0.717, 1.165) is 0 Å². The van der Waals surface area contributed by atoms with Crippen LogP contribution in [0.4, 0.5) is 4.79 Å². The van der Waals surface area contributed by atoms with E-state index in [4.69, 9.17) is 9.84 Å². The summed E-state index contributed by atoms with van der Waals surface area (Å²) in [5.74, 6) is -2.60. The van der Waals surface area contributed by atoms with Crippen LogP contribution in [-0.4, -0.2) is 61.7 Å². The summed E-state index contributed by atoms with van der Waals surface area (Å²) in [6, 6.07) is 0. The minimum atomic E-state index is -3.35. The zero-order valence-corrected chi connectivity index (χ0v) is 11.1. The lowest BCUT2D eigenvalue weighted by Gasteiger charge is -2.48. The van der Waals surface area contributed by atoms with Gasteiger partial charge in [-0.15, -0.1) is 0 Å². The normalized spacial score (nSPS) is 26.7. The van der Waals surface area contributed by atoms with Crippen molar-refractivity contribution in [1.82, 2.24) is 4.90 Å². The van der Waals surface area contributed by atoms with Crippen LogP contribution in [0, 0.1) is 11.3 Å². The number of sulfone groups is 1. The molecule has 2 aliphatic rings. The van der Waals surface area contributed by atoms with Crippen molar-refractivity contribution in [3.05, 3.63) is 12.7 Å². The Kier molecular flexibility index (Phi) is 3.29. The first kappa shape index (κ1) is 13.9. The predicted molar refractivity (Wildman–Crippen MR) is 65.3 cm³/mol. The second-order valence-corrected chi connectivity index (χ2v) is 7.14. The van der Waals surface area contributed by atoms with Gasteiger partial charge in [-0.1, -0.05) is 12.7 Å². The summed E-state index contributed by atoms with van der Waals surface area (Å²) < 4.78 is 28.0. The van der Waals surface area contributed by atoms with E-state index < -0.39 is 33.2 Å². The summed E-state index contributed by atoms with van der Waals surface area (Å²) in [7, 11) is -3.35. The lowest BCUT2D eigenvalue weighted by molar-refractivity contribution is -0.148. The molecule has 2 fully saturated rings. The molecule has 1 unspecified atom stereocenters. The number of amides is 1. The number of likely N-dealkylation sites (tertiary alicyclic amines) is 1. The van der Waals surface area contributed by atoms with Gasteiger partial charge in [-0.2, -0.15) is 0 Å². The zero-order valence-electron chi connectivity index (χ0n) is 10.2. The average Bonchev–Trinajstić information content (AvgIpc) is 2.56. The van der Waals surface area contributed by atoms with Gasteiger partial charge in [0.1, 0.15) is 6.61 Å². The standard InChI is InChI=1S/C11H15NO6S/c1-2-3-18-10(15)12-5-11(6-12)7-19(16,17)4-8(11)9(13)14/h2,8H,1,3-7H2,(H,13,14). The maximum absolute atomic E-state index is 11.6. The smallest absolute Gasteiger partial charge is 0.410 e. The van der Waals surface area contributed by atoms with Crippen molar-refractivity contribution in [3.8, 4) is 0 Å². The molecule has 19 heavy (non-hydrogen) atoms. The summed E-state index contributed by atoms with van der Waals surface area (Å²) in [6.45, 7) is 3.70. The van der Waals surface area contributed by atoms with E-state index in [0.29, 0.717) is 0 Å². The monoisotopic (exact) mass is 289 g/mol. The first-order chi connectivity index (χ1) is 8.80. The zero-order chi connectivity index (χ0) is 14.3. The van der Waals surface area contributed by atoms with Crippen LogP contribution >= 0.6 is 0 Å². The fraction of sp³-hybridized carbons (Fsp3) is 0.636. The van der Waals surface area contributed by atoms with Crippen LogP contribution in [0.5, 0.6) is 0 Å². The number of carbonyl (C=O) groups is 2. The molecule has 1 spiro atoms. The molecular formula is C11H15NO6S. The first-order valence-electron chi connectivity index (χ1n) is 5.75. The van der Waals surface area contributed by atoms with Crippen LogP contribution in [0.2, 0.25) is 0 Å². The summed E-state index contributed by atoms with van der Waals surface area (Å²) in [5, 5.41) is 9.10. The van der Waals surface area contributed by atoms with Crippen molar-refractivity contribution in [2.45, 2.75) is 0 Å². The summed E-state index contributed by atoms with van der Waals surface area (Å²) in [4.78, 5) is 24.0. The van der Waals surface area contributed by atoms with Crippen molar-refractivity contribution in [2.24, 2.45) is 11.3 Å². The number of carboxylic acid groups (broad SMARTS) is 1. The number of aliphatic carboxylic acids is 1. The molecule has 0 saturated carbocycles. The molecule has 0 radical (unpaired) electrons. The lowest BCUT2D eigenvalue weighted by atomic mass is 9.72. The number of hydrogen-bond donors (Lipinski definition) is 1. The van der Waals surface area contributed by atoms with E-state index in [1.807, 2.05) is 0 Å². The maximum atomic E-state index is 11.6. The molecule has 1 amide bonds. The highest BCUT2D eigenvalue weighted by atomic mass is 32.2. The van der Waals surface area contributed by atoms with E-state index in [2.05, 4.69) is 6.58 Å². The fourth-order valence-corrected chi connectivity index (χ4v) is 5.12. The van der Waals surface area contributed by atoms with Crippen molar-refractivity contribution >= 4 is 21.9 Å². The van der Waals surface area contributed by atoms with E-state index in [1.54, 1.807) is 0 Å². The number of ether oxygens (including phenoxy) is 1. The summed E-state index contributed by atoms with van der Waals surface area (Å²) in [6.07, 6.45) is 0.854. The van der Waals surface area contributed by atoms with Gasteiger partial charge in [-0.05, 0) is 0 Å². The highest BCUT2D eigenvalue weighted by Crippen LogP contribution is 2.45. The third-order valence-corrected chi connectivity index (χ3v) is 5.42. The Labute approximate surface area is 110 Å². The van der Waals surface area contributed by atoms with Gasteiger partial charge < -0.3 is 14.7 Å². The summed E-state index contributed by atoms with van der Waals surface area (Å²) >= 11 is 0. The number of hydrogen-bond acceptors (Lipinski definition) is 5. The number of carboxylic acids is 1. The third-order valence-electron chi connectivity index (χ3n) is 3.56. The lowest BCUT2D eigenvalue weighted by Crippen LogP contribution is -2.63. The van der Waals surface area contributed by atoms with Gasteiger partial charge in [-0.3, -0.25) is 4.79 Å². The minimum Gasteiger partial charge on any atom is -0.481 e. The molecule has 2 saturated heterocycles. The van der Waals surface area contributed by atoms with E-state index in [-0.39, 0.29) is 31.2 Å². The Morgan fingerprint density at radius 3 is 2.63 bits per heavy atom. The summed E-state index contributed by atoms with van der Waals surface area (Å²) in [5.41, 5.74) is -0.849. The number of carbonyl (C=O) groups excluding carboxylic acids is 1. The number of nitrogens with zero attached hydrogens (tertiary/aromatic N) is 1. The molecule has 0 aliphatic carbocycles. The molecule has 2 heterocycles. The van der Waals surface area contributed by atoms with Gasteiger partial charge in [0.25, 0.3) is 0 Å². The van der Waals surface area contributed by atoms with Gasteiger partial charge >= 0.3 is 12.1 Å². The molecular weight excluding hydrogens is 274 g/mol. The molecule has 7 nitrogen and oxygen atoms in total. The molecule has 106 valence electrons. The molecule has 2 rings (SSSR count). The Balaban J connectivity index is 2.05. The van der Waals surface area contributed by atoms with Crippen LogP contribution in [0.25, 0.3) is 0 Å². The molecule has 8 heteroatoms. The maximum Gasteiger partial charge on any atom is 0.410 e. The highest BCUT2D eigenvalue weighted by molar-refractivity contribution is 7.91. The van der Waals surface area contributed by atoms with Crippen LogP contribution in [-0.2, 0) is 19.4 Å². The predicted octanol–water partition coefficient (Wildman–Crippen LogP) is -0.260. The van der Waals surface area contributed by atoms with Crippen LogP contribution in [0.3, 0.4) is 0 Å². The van der Waals surface area contributed by atoms with Gasteiger partial charge in [-0.25, -0.2) is 13.2 Å². The van der Waals surface area contributed by atoms with E-state index in [1.165, 1.54) is 11.0 Å². The van der Waals surface area contributed by atoms with Crippen molar-refractivity contribution in [3.63, 3.8) is 0 Å². The SMILES string of the molecule is C=CCOC(=O)N1CC2(C1)CS(=O)(=O)CC2C(=O)O. The Bertz CT molecular complexity index is 519. The van der Waals surface area contributed by atoms with Crippen molar-refractivity contribution in [1.29, 1.82) is 0 Å². The molecule has 1 atom stereocenters. The van der Waals surface area contributed by atoms with E-state index in [9.17, 15) is 18.0 Å². The van der Waals surface area contributed by atoms with Crippen LogP contribution < -0.4 is 0 Å². The molecule has 0 aromatic heterocycles. The molecule has 2 aliphatic heterocycles. The van der Waals surface area contributed by atoms with Crippen LogP contribution in [0.15, 0.2) is 12.7 Å².